The predicted octanol–water partition coefficient (Wildman–Crippen LogP) is 3.57. The minimum atomic E-state index is -0.593. The maximum atomic E-state index is 13.9. The molecule has 1 aromatic heterocycles. The standard InChI is InChI=1S/C27H27FN4O5/c28-21-3-1-2-4-22(21)32-27(35)31-17-5-6-23-19(11-17)20-12-18(36-24(15-33)26(20)37-23)13-25(34)30-14-16-7-9-29-10-8-16/h1-11,18,20,24,26,33H,12-15H2,(H,30,34)(H2,31,32,35)/t18-,20+,24-,26-/m1/s1. The number of hydrogen-bond acceptors (Lipinski definition) is 6. The molecule has 3 heterocycles. The number of rotatable bonds is 7. The van der Waals surface area contributed by atoms with E-state index in [0.29, 0.717) is 24.4 Å². The van der Waals surface area contributed by atoms with Crippen LogP contribution in [0.3, 0.4) is 0 Å². The van der Waals surface area contributed by atoms with Crippen molar-refractivity contribution in [1.82, 2.24) is 10.3 Å². The molecule has 192 valence electrons. The van der Waals surface area contributed by atoms with E-state index in [2.05, 4.69) is 20.9 Å². The number of amides is 3. The molecular weight excluding hydrogens is 479 g/mol. The molecule has 0 unspecified atom stereocenters. The van der Waals surface area contributed by atoms with Gasteiger partial charge in [0, 0.05) is 36.1 Å². The number of halogens is 1. The molecule has 2 aromatic carbocycles. The van der Waals surface area contributed by atoms with Gasteiger partial charge in [0.25, 0.3) is 0 Å². The lowest BCUT2D eigenvalue weighted by Crippen LogP contribution is -2.47. The molecule has 4 atom stereocenters. The molecular formula is C27H27FN4O5. The number of aromatic nitrogens is 1. The van der Waals surface area contributed by atoms with Crippen LogP contribution in [-0.4, -0.2) is 46.9 Å². The number of nitrogens with one attached hydrogen (secondary N) is 3. The highest BCUT2D eigenvalue weighted by Gasteiger charge is 2.46. The summed E-state index contributed by atoms with van der Waals surface area (Å²) in [6, 6.07) is 14.2. The van der Waals surface area contributed by atoms with Crippen molar-refractivity contribution in [1.29, 1.82) is 0 Å². The van der Waals surface area contributed by atoms with Gasteiger partial charge in [-0.25, -0.2) is 9.18 Å². The largest absolute Gasteiger partial charge is 0.487 e. The summed E-state index contributed by atoms with van der Waals surface area (Å²) in [5.74, 6) is -0.178. The van der Waals surface area contributed by atoms with Crippen LogP contribution in [0.5, 0.6) is 5.75 Å². The molecule has 5 rings (SSSR count). The molecule has 0 radical (unpaired) electrons. The number of fused-ring (bicyclic) bond motifs is 3. The molecule has 4 N–H and O–H groups in total. The summed E-state index contributed by atoms with van der Waals surface area (Å²) in [5.41, 5.74) is 2.39. The highest BCUT2D eigenvalue weighted by Crippen LogP contribution is 2.47. The summed E-state index contributed by atoms with van der Waals surface area (Å²) in [6.07, 6.45) is 2.59. The van der Waals surface area contributed by atoms with Crippen LogP contribution in [0.25, 0.3) is 0 Å². The van der Waals surface area contributed by atoms with Crippen molar-refractivity contribution < 1.29 is 28.6 Å². The fourth-order valence-corrected chi connectivity index (χ4v) is 4.79. The van der Waals surface area contributed by atoms with Gasteiger partial charge < -0.3 is 30.5 Å². The van der Waals surface area contributed by atoms with Crippen molar-refractivity contribution in [3.8, 4) is 5.75 Å². The zero-order valence-corrected chi connectivity index (χ0v) is 19.9. The first kappa shape index (κ1) is 24.7. The molecule has 0 bridgehead atoms. The third-order valence-corrected chi connectivity index (χ3v) is 6.53. The summed E-state index contributed by atoms with van der Waals surface area (Å²) in [6.45, 7) is 0.139. The maximum Gasteiger partial charge on any atom is 0.323 e. The highest BCUT2D eigenvalue weighted by molar-refractivity contribution is 5.99. The topological polar surface area (TPSA) is 122 Å². The van der Waals surface area contributed by atoms with Crippen LogP contribution in [-0.2, 0) is 16.1 Å². The number of hydrogen-bond donors (Lipinski definition) is 4. The third kappa shape index (κ3) is 5.71. The number of aliphatic hydroxyl groups is 1. The minimum absolute atomic E-state index is 0.0739. The molecule has 9 nitrogen and oxygen atoms in total. The molecule has 3 aromatic rings. The number of benzene rings is 2. The minimum Gasteiger partial charge on any atom is -0.487 e. The van der Waals surface area contributed by atoms with Gasteiger partial charge in [0.2, 0.25) is 5.91 Å². The van der Waals surface area contributed by atoms with Crippen molar-refractivity contribution in [3.63, 3.8) is 0 Å². The SMILES string of the molecule is O=C(C[C@H]1C[C@H]2c3cc(NC(=O)Nc4ccccc4F)ccc3O[C@H]2[C@@H](CO)O1)NCc1ccncc1. The molecule has 0 spiro atoms. The second-order valence-electron chi connectivity index (χ2n) is 9.05. The molecule has 2 aliphatic rings. The number of anilines is 2. The van der Waals surface area contributed by atoms with Gasteiger partial charge in [0.05, 0.1) is 24.8 Å². The zero-order chi connectivity index (χ0) is 25.8. The van der Waals surface area contributed by atoms with E-state index in [4.69, 9.17) is 9.47 Å². The normalized spacial score (nSPS) is 21.8. The van der Waals surface area contributed by atoms with E-state index in [1.54, 1.807) is 42.7 Å². The summed E-state index contributed by atoms with van der Waals surface area (Å²) in [4.78, 5) is 29.0. The number of pyridine rings is 1. The number of carbonyl (C=O) groups excluding carboxylic acids is 2. The Kier molecular flexibility index (Phi) is 7.29. The van der Waals surface area contributed by atoms with Gasteiger partial charge >= 0.3 is 6.03 Å². The molecule has 0 aliphatic carbocycles. The summed E-state index contributed by atoms with van der Waals surface area (Å²) < 4.78 is 26.0. The van der Waals surface area contributed by atoms with Crippen LogP contribution >= 0.6 is 0 Å². The van der Waals surface area contributed by atoms with Crippen LogP contribution in [0.2, 0.25) is 0 Å². The molecule has 2 aliphatic heterocycles. The van der Waals surface area contributed by atoms with Crippen molar-refractivity contribution >= 4 is 23.3 Å². The first-order valence-electron chi connectivity index (χ1n) is 12.0. The van der Waals surface area contributed by atoms with E-state index in [9.17, 15) is 19.1 Å². The van der Waals surface area contributed by atoms with Crippen LogP contribution in [0.15, 0.2) is 67.0 Å². The predicted molar refractivity (Wildman–Crippen MR) is 134 cm³/mol. The smallest absolute Gasteiger partial charge is 0.323 e. The van der Waals surface area contributed by atoms with Gasteiger partial charge in [-0.05, 0) is 54.4 Å². The van der Waals surface area contributed by atoms with E-state index in [-0.39, 0.29) is 30.5 Å². The highest BCUT2D eigenvalue weighted by atomic mass is 19.1. The first-order valence-corrected chi connectivity index (χ1v) is 12.0. The Morgan fingerprint density at radius 3 is 2.68 bits per heavy atom. The molecule has 1 saturated heterocycles. The van der Waals surface area contributed by atoms with Crippen molar-refractivity contribution in [2.45, 2.75) is 43.6 Å². The summed E-state index contributed by atoms with van der Waals surface area (Å²) in [7, 11) is 0. The van der Waals surface area contributed by atoms with Gasteiger partial charge in [-0.1, -0.05) is 12.1 Å². The summed E-state index contributed by atoms with van der Waals surface area (Å²) >= 11 is 0. The second-order valence-corrected chi connectivity index (χ2v) is 9.05. The second kappa shape index (κ2) is 10.9. The average Bonchev–Trinajstić information content (AvgIpc) is 3.27. The Balaban J connectivity index is 1.24. The average molecular weight is 507 g/mol. The fraction of sp³-hybridized carbons (Fsp3) is 0.296. The lowest BCUT2D eigenvalue weighted by Gasteiger charge is -2.37. The van der Waals surface area contributed by atoms with E-state index in [1.165, 1.54) is 12.1 Å². The number of ether oxygens (including phenoxy) is 2. The Labute approximate surface area is 213 Å². The monoisotopic (exact) mass is 506 g/mol. The fourth-order valence-electron chi connectivity index (χ4n) is 4.79. The third-order valence-electron chi connectivity index (χ3n) is 6.53. The van der Waals surface area contributed by atoms with Crippen molar-refractivity contribution in [3.05, 3.63) is 83.9 Å². The lowest BCUT2D eigenvalue weighted by atomic mass is 9.84. The first-order chi connectivity index (χ1) is 18.0. The number of carbonyl (C=O) groups is 2. The summed E-state index contributed by atoms with van der Waals surface area (Å²) in [5, 5.41) is 18.1. The Morgan fingerprint density at radius 1 is 1.08 bits per heavy atom. The van der Waals surface area contributed by atoms with Gasteiger partial charge in [-0.15, -0.1) is 0 Å². The quantitative estimate of drug-likeness (QED) is 0.389. The van der Waals surface area contributed by atoms with E-state index in [1.807, 2.05) is 12.1 Å². The van der Waals surface area contributed by atoms with E-state index < -0.39 is 30.2 Å². The molecule has 10 heteroatoms. The number of para-hydroxylation sites is 1. The van der Waals surface area contributed by atoms with Crippen LogP contribution in [0, 0.1) is 5.82 Å². The number of aliphatic hydroxyl groups excluding tert-OH is 1. The van der Waals surface area contributed by atoms with E-state index in [0.717, 1.165) is 11.1 Å². The van der Waals surface area contributed by atoms with E-state index >= 15 is 0 Å². The molecule has 0 saturated carbocycles. The van der Waals surface area contributed by atoms with Crippen LogP contribution in [0.4, 0.5) is 20.6 Å². The molecule has 37 heavy (non-hydrogen) atoms. The van der Waals surface area contributed by atoms with Crippen LogP contribution < -0.4 is 20.7 Å². The van der Waals surface area contributed by atoms with Gasteiger partial charge in [-0.2, -0.15) is 0 Å². The maximum absolute atomic E-state index is 13.9. The Hall–Kier alpha value is -4.02. The zero-order valence-electron chi connectivity index (χ0n) is 19.9. The van der Waals surface area contributed by atoms with Gasteiger partial charge in [-0.3, -0.25) is 9.78 Å². The lowest BCUT2D eigenvalue weighted by molar-refractivity contribution is -0.142. The Morgan fingerprint density at radius 2 is 1.89 bits per heavy atom. The molecule has 1 fully saturated rings. The van der Waals surface area contributed by atoms with Gasteiger partial charge in [0.15, 0.2) is 0 Å². The number of urea groups is 1. The van der Waals surface area contributed by atoms with Crippen molar-refractivity contribution in [2.24, 2.45) is 0 Å². The van der Waals surface area contributed by atoms with Crippen molar-refractivity contribution in [2.75, 3.05) is 17.2 Å². The van der Waals surface area contributed by atoms with Gasteiger partial charge in [0.1, 0.15) is 23.8 Å². The number of nitrogens with zero attached hydrogens (tertiary/aromatic N) is 1. The molecule has 3 amide bonds. The Bertz CT molecular complexity index is 1270. The van der Waals surface area contributed by atoms with Crippen LogP contribution in [0.1, 0.15) is 29.9 Å².